The maximum Gasteiger partial charge on any atom is 0.273 e. The zero-order valence-corrected chi connectivity index (χ0v) is 15.0. The Labute approximate surface area is 157 Å². The number of ether oxygens (including phenoxy) is 1. The molecule has 3 rings (SSSR count). The maximum atomic E-state index is 13.5. The average molecular weight is 382 g/mol. The number of nitrogens with one attached hydrogen (secondary N) is 1. The van der Waals surface area contributed by atoms with Crippen LogP contribution in [0.4, 0.5) is 10.1 Å². The van der Waals surface area contributed by atoms with E-state index in [0.717, 1.165) is 25.2 Å². The van der Waals surface area contributed by atoms with Crippen molar-refractivity contribution < 1.29 is 14.1 Å². The molecule has 1 aliphatic heterocycles. The summed E-state index contributed by atoms with van der Waals surface area (Å²) in [4.78, 5) is 12.6. The van der Waals surface area contributed by atoms with Crippen molar-refractivity contribution in [2.45, 2.75) is 6.04 Å². The van der Waals surface area contributed by atoms with Gasteiger partial charge in [-0.2, -0.15) is 0 Å². The van der Waals surface area contributed by atoms with Crippen molar-refractivity contribution in [2.24, 2.45) is 0 Å². The molecular formula is C18H21ClFN3O3. The number of rotatable bonds is 6. The first-order chi connectivity index (χ1) is 12.1. The third-order valence-corrected chi connectivity index (χ3v) is 4.26. The van der Waals surface area contributed by atoms with Gasteiger partial charge in [-0.25, -0.2) is 4.39 Å². The van der Waals surface area contributed by atoms with Crippen molar-refractivity contribution in [3.8, 4) is 5.75 Å². The van der Waals surface area contributed by atoms with Gasteiger partial charge in [0.2, 0.25) is 0 Å². The number of non-ortho nitro benzene ring substituents is 1. The normalized spacial score (nSPS) is 17.3. The predicted octanol–water partition coefficient (Wildman–Crippen LogP) is 3.18. The number of nitro benzene ring substituents is 1. The smallest absolute Gasteiger partial charge is 0.273 e. The monoisotopic (exact) mass is 381 g/mol. The largest absolute Gasteiger partial charge is 0.492 e. The molecular weight excluding hydrogens is 361 g/mol. The summed E-state index contributed by atoms with van der Waals surface area (Å²) in [5.41, 5.74) is 0.944. The van der Waals surface area contributed by atoms with Gasteiger partial charge < -0.3 is 10.1 Å². The van der Waals surface area contributed by atoms with E-state index in [1.54, 1.807) is 24.3 Å². The fraction of sp³-hybridized carbons (Fsp3) is 0.333. The van der Waals surface area contributed by atoms with Gasteiger partial charge in [-0.15, -0.1) is 12.4 Å². The van der Waals surface area contributed by atoms with E-state index >= 15 is 0 Å². The van der Waals surface area contributed by atoms with Crippen LogP contribution >= 0.6 is 12.4 Å². The number of hydrogen-bond acceptors (Lipinski definition) is 5. The molecule has 1 aliphatic rings. The summed E-state index contributed by atoms with van der Waals surface area (Å²) in [6, 6.07) is 12.9. The minimum absolute atomic E-state index is 0. The quantitative estimate of drug-likeness (QED) is 0.615. The van der Waals surface area contributed by atoms with Crippen LogP contribution in [0.25, 0.3) is 0 Å². The predicted molar refractivity (Wildman–Crippen MR) is 99.4 cm³/mol. The van der Waals surface area contributed by atoms with Crippen LogP contribution < -0.4 is 10.1 Å². The Morgan fingerprint density at radius 2 is 2.08 bits per heavy atom. The molecule has 0 amide bonds. The Morgan fingerprint density at radius 1 is 1.27 bits per heavy atom. The van der Waals surface area contributed by atoms with E-state index in [1.165, 1.54) is 18.2 Å². The first-order valence-corrected chi connectivity index (χ1v) is 8.21. The minimum Gasteiger partial charge on any atom is -0.492 e. The van der Waals surface area contributed by atoms with Gasteiger partial charge in [-0.1, -0.05) is 18.2 Å². The first kappa shape index (κ1) is 20.1. The van der Waals surface area contributed by atoms with E-state index in [9.17, 15) is 14.5 Å². The topological polar surface area (TPSA) is 67.6 Å². The lowest BCUT2D eigenvalue weighted by Gasteiger charge is -2.36. The summed E-state index contributed by atoms with van der Waals surface area (Å²) in [6.07, 6.45) is 0. The number of hydrogen-bond donors (Lipinski definition) is 1. The second-order valence-electron chi connectivity index (χ2n) is 5.91. The average Bonchev–Trinajstić information content (AvgIpc) is 2.62. The van der Waals surface area contributed by atoms with Gasteiger partial charge in [0.05, 0.1) is 11.0 Å². The molecule has 0 bridgehead atoms. The lowest BCUT2D eigenvalue weighted by molar-refractivity contribution is -0.384. The van der Waals surface area contributed by atoms with Crippen LogP contribution in [-0.2, 0) is 0 Å². The molecule has 2 aromatic rings. The number of benzene rings is 2. The van der Waals surface area contributed by atoms with Gasteiger partial charge in [0.1, 0.15) is 18.2 Å². The van der Waals surface area contributed by atoms with Gasteiger partial charge >= 0.3 is 0 Å². The number of nitro groups is 1. The van der Waals surface area contributed by atoms with E-state index in [1.807, 2.05) is 6.07 Å². The molecule has 0 aliphatic carbocycles. The lowest BCUT2D eigenvalue weighted by atomic mass is 10.0. The highest BCUT2D eigenvalue weighted by Gasteiger charge is 2.23. The fourth-order valence-electron chi connectivity index (χ4n) is 3.02. The summed E-state index contributed by atoms with van der Waals surface area (Å²) in [5.74, 6) is 0.238. The van der Waals surface area contributed by atoms with Gasteiger partial charge in [-0.05, 0) is 23.8 Å². The molecule has 140 valence electrons. The van der Waals surface area contributed by atoms with Gasteiger partial charge in [0.25, 0.3) is 5.69 Å². The summed E-state index contributed by atoms with van der Waals surface area (Å²) in [7, 11) is 0. The van der Waals surface area contributed by atoms with Crippen LogP contribution in [0.15, 0.2) is 48.5 Å². The Balaban J connectivity index is 0.00000243. The molecule has 1 heterocycles. The molecule has 0 saturated carbocycles. The van der Waals surface area contributed by atoms with E-state index in [2.05, 4.69) is 10.2 Å². The van der Waals surface area contributed by atoms with Crippen molar-refractivity contribution in [3.63, 3.8) is 0 Å². The standard InChI is InChI=1S/C18H20FN3O3.ClH/c19-15-4-1-3-14(11-15)18-13-20-7-8-21(18)9-10-25-17-6-2-5-16(12-17)22(23)24;/h1-6,11-12,18,20H,7-10,13H2;1H. The fourth-order valence-corrected chi connectivity index (χ4v) is 3.02. The Morgan fingerprint density at radius 3 is 2.85 bits per heavy atom. The second-order valence-corrected chi connectivity index (χ2v) is 5.91. The molecule has 1 atom stereocenters. The molecule has 6 nitrogen and oxygen atoms in total. The van der Waals surface area contributed by atoms with Crippen molar-refractivity contribution in [3.05, 3.63) is 70.0 Å². The zero-order chi connectivity index (χ0) is 17.6. The number of nitrogens with zero attached hydrogens (tertiary/aromatic N) is 2. The molecule has 2 aromatic carbocycles. The van der Waals surface area contributed by atoms with Crippen molar-refractivity contribution >= 4 is 18.1 Å². The number of piperazine rings is 1. The highest BCUT2D eigenvalue weighted by atomic mass is 35.5. The van der Waals surface area contributed by atoms with Gasteiger partial charge in [0.15, 0.2) is 0 Å². The SMILES string of the molecule is Cl.O=[N+]([O-])c1cccc(OCCN2CCNCC2c2cccc(F)c2)c1. The van der Waals surface area contributed by atoms with Crippen LogP contribution in [0.5, 0.6) is 5.75 Å². The van der Waals surface area contributed by atoms with Crippen LogP contribution in [0, 0.1) is 15.9 Å². The highest BCUT2D eigenvalue weighted by Crippen LogP contribution is 2.23. The minimum atomic E-state index is -0.441. The molecule has 8 heteroatoms. The molecule has 1 N–H and O–H groups in total. The van der Waals surface area contributed by atoms with Crippen LogP contribution in [-0.4, -0.2) is 42.6 Å². The molecule has 1 saturated heterocycles. The molecule has 1 fully saturated rings. The molecule has 0 aromatic heterocycles. The Bertz CT molecular complexity index is 747. The maximum absolute atomic E-state index is 13.5. The molecule has 1 unspecified atom stereocenters. The summed E-state index contributed by atoms with van der Waals surface area (Å²) >= 11 is 0. The van der Waals surface area contributed by atoms with Crippen molar-refractivity contribution in [1.82, 2.24) is 10.2 Å². The first-order valence-electron chi connectivity index (χ1n) is 8.21. The third kappa shape index (κ3) is 5.14. The molecule has 0 spiro atoms. The van der Waals surface area contributed by atoms with E-state index in [4.69, 9.17) is 4.74 Å². The van der Waals surface area contributed by atoms with Crippen molar-refractivity contribution in [2.75, 3.05) is 32.8 Å². The zero-order valence-electron chi connectivity index (χ0n) is 14.1. The molecule has 0 radical (unpaired) electrons. The Hall–Kier alpha value is -2.22. The van der Waals surface area contributed by atoms with Crippen LogP contribution in [0.3, 0.4) is 0 Å². The van der Waals surface area contributed by atoms with E-state index in [0.29, 0.717) is 18.9 Å². The number of halogens is 2. The van der Waals surface area contributed by atoms with Crippen LogP contribution in [0.1, 0.15) is 11.6 Å². The summed E-state index contributed by atoms with van der Waals surface area (Å²) in [5, 5.41) is 14.1. The second kappa shape index (κ2) is 9.47. The summed E-state index contributed by atoms with van der Waals surface area (Å²) < 4.78 is 19.2. The molecule has 26 heavy (non-hydrogen) atoms. The van der Waals surface area contributed by atoms with Gasteiger partial charge in [0, 0.05) is 38.3 Å². The van der Waals surface area contributed by atoms with Crippen molar-refractivity contribution in [1.29, 1.82) is 0 Å². The Kier molecular flexibility index (Phi) is 7.32. The third-order valence-electron chi connectivity index (χ3n) is 4.26. The summed E-state index contributed by atoms with van der Waals surface area (Å²) in [6.45, 7) is 3.51. The van der Waals surface area contributed by atoms with Gasteiger partial charge in [-0.3, -0.25) is 15.0 Å². The van der Waals surface area contributed by atoms with Crippen LogP contribution in [0.2, 0.25) is 0 Å². The highest BCUT2D eigenvalue weighted by molar-refractivity contribution is 5.85. The van der Waals surface area contributed by atoms with E-state index < -0.39 is 4.92 Å². The van der Waals surface area contributed by atoms with E-state index in [-0.39, 0.29) is 30.0 Å². The lowest BCUT2D eigenvalue weighted by Crippen LogP contribution is -2.47.